The molecule has 1 aliphatic heterocycles. The zero-order chi connectivity index (χ0) is 25.3. The first-order valence-electron chi connectivity index (χ1n) is 10.5. The van der Waals surface area contributed by atoms with Crippen molar-refractivity contribution in [1.82, 2.24) is 5.32 Å². The average molecular weight is 477 g/mol. The number of esters is 2. The third kappa shape index (κ3) is 7.84. The lowest BCUT2D eigenvalue weighted by Gasteiger charge is -2.29. The van der Waals surface area contributed by atoms with Crippen molar-refractivity contribution in [1.29, 1.82) is 0 Å². The van der Waals surface area contributed by atoms with E-state index in [1.807, 2.05) is 0 Å². The normalized spacial score (nSPS) is 15.9. The van der Waals surface area contributed by atoms with Crippen molar-refractivity contribution in [2.45, 2.75) is 45.0 Å². The lowest BCUT2D eigenvalue weighted by atomic mass is 9.72. The van der Waals surface area contributed by atoms with Gasteiger partial charge in [-0.15, -0.1) is 0 Å². The molecule has 8 nitrogen and oxygen atoms in total. The topological polar surface area (TPSA) is 111 Å². The summed E-state index contributed by atoms with van der Waals surface area (Å²) in [5, 5.41) is 12.8. The van der Waals surface area contributed by atoms with Gasteiger partial charge in [0.2, 0.25) is 18.6 Å². The molecule has 1 amide bonds. The van der Waals surface area contributed by atoms with E-state index in [4.69, 9.17) is 14.1 Å². The number of allylic oxidation sites excluding steroid dienone is 3. The standard InChI is InChI=1S/C23H26BF2NO7/c1-4-6-8-15(5-2)21(29)32-14-33-22(30)17-10-7-9-16-13-18(24(31)34-20(16)17)27-19(28)11-12-23(3,25)26/h4-10,18,31H,1,11-14H2,2-3H3,(H,27,28)/b8-6-,15-5+/t18-/m0/s1. The molecule has 0 unspecified atom stereocenters. The van der Waals surface area contributed by atoms with Crippen LogP contribution in [0.4, 0.5) is 8.78 Å². The summed E-state index contributed by atoms with van der Waals surface area (Å²) >= 11 is 0. The summed E-state index contributed by atoms with van der Waals surface area (Å²) in [4.78, 5) is 36.4. The number of benzene rings is 1. The number of fused-ring (bicyclic) bond motifs is 1. The van der Waals surface area contributed by atoms with Gasteiger partial charge in [-0.2, -0.15) is 0 Å². The van der Waals surface area contributed by atoms with Gasteiger partial charge in [0.15, 0.2) is 0 Å². The Balaban J connectivity index is 1.99. The van der Waals surface area contributed by atoms with Crippen LogP contribution < -0.4 is 9.97 Å². The van der Waals surface area contributed by atoms with Gasteiger partial charge in [0.05, 0.1) is 11.5 Å². The fourth-order valence-electron chi connectivity index (χ4n) is 3.07. The molecular formula is C23H26BF2NO7. The van der Waals surface area contributed by atoms with Crippen LogP contribution in [-0.4, -0.2) is 48.6 Å². The highest BCUT2D eigenvalue weighted by Crippen LogP contribution is 2.31. The minimum absolute atomic E-state index is 0.0131. The van der Waals surface area contributed by atoms with Crippen LogP contribution in [0.2, 0.25) is 0 Å². The molecular weight excluding hydrogens is 451 g/mol. The summed E-state index contributed by atoms with van der Waals surface area (Å²) in [6, 6.07) is 4.58. The summed E-state index contributed by atoms with van der Waals surface area (Å²) in [5.74, 6) is -6.02. The summed E-state index contributed by atoms with van der Waals surface area (Å²) in [6.07, 6.45) is 5.11. The molecule has 0 fully saturated rings. The molecule has 1 aliphatic rings. The first-order valence-corrected chi connectivity index (χ1v) is 10.5. The Morgan fingerprint density at radius 1 is 1.35 bits per heavy atom. The Hall–Kier alpha value is -3.47. The fraction of sp³-hybridized carbons (Fsp3) is 0.348. The van der Waals surface area contributed by atoms with E-state index in [-0.39, 0.29) is 23.3 Å². The Morgan fingerprint density at radius 2 is 2.09 bits per heavy atom. The van der Waals surface area contributed by atoms with Gasteiger partial charge in [0.25, 0.3) is 0 Å². The average Bonchev–Trinajstić information content (AvgIpc) is 2.78. The van der Waals surface area contributed by atoms with Gasteiger partial charge in [-0.1, -0.05) is 36.9 Å². The van der Waals surface area contributed by atoms with Gasteiger partial charge in [0.1, 0.15) is 11.3 Å². The van der Waals surface area contributed by atoms with Crippen molar-refractivity contribution < 1.29 is 42.3 Å². The number of halogens is 2. The second kappa shape index (κ2) is 12.1. The highest BCUT2D eigenvalue weighted by molar-refractivity contribution is 6.47. The number of carbonyl (C=O) groups is 3. The lowest BCUT2D eigenvalue weighted by Crippen LogP contribution is -2.53. The number of hydrogen-bond donors (Lipinski definition) is 2. The van der Waals surface area contributed by atoms with Crippen LogP contribution in [0.5, 0.6) is 5.75 Å². The van der Waals surface area contributed by atoms with E-state index in [1.54, 1.807) is 25.1 Å². The molecule has 0 saturated heterocycles. The van der Waals surface area contributed by atoms with E-state index in [0.29, 0.717) is 5.56 Å². The van der Waals surface area contributed by atoms with E-state index in [1.165, 1.54) is 24.3 Å². The van der Waals surface area contributed by atoms with Crippen LogP contribution in [0.25, 0.3) is 0 Å². The maximum absolute atomic E-state index is 13.0. The van der Waals surface area contributed by atoms with Crippen LogP contribution in [0.1, 0.15) is 42.6 Å². The number of ether oxygens (including phenoxy) is 2. The third-order valence-electron chi connectivity index (χ3n) is 4.82. The van der Waals surface area contributed by atoms with E-state index in [0.717, 1.165) is 6.92 Å². The molecule has 0 spiro atoms. The molecule has 2 rings (SSSR count). The third-order valence-corrected chi connectivity index (χ3v) is 4.82. The molecule has 0 radical (unpaired) electrons. The largest absolute Gasteiger partial charge is 0.547 e. The maximum Gasteiger partial charge on any atom is 0.547 e. The zero-order valence-electron chi connectivity index (χ0n) is 18.9. The smallest absolute Gasteiger partial charge is 0.534 e. The molecule has 1 atom stereocenters. The van der Waals surface area contributed by atoms with Crippen molar-refractivity contribution in [2.75, 3.05) is 6.79 Å². The molecule has 1 aromatic carbocycles. The highest BCUT2D eigenvalue weighted by atomic mass is 19.3. The van der Waals surface area contributed by atoms with E-state index >= 15 is 0 Å². The second-order valence-electron chi connectivity index (χ2n) is 7.57. The Bertz CT molecular complexity index is 988. The second-order valence-corrected chi connectivity index (χ2v) is 7.57. The van der Waals surface area contributed by atoms with Crippen molar-refractivity contribution in [3.8, 4) is 5.75 Å². The number of alkyl halides is 2. The molecule has 1 heterocycles. The molecule has 0 saturated carbocycles. The number of para-hydroxylation sites is 1. The fourth-order valence-corrected chi connectivity index (χ4v) is 3.07. The Morgan fingerprint density at radius 3 is 2.74 bits per heavy atom. The molecule has 0 aliphatic carbocycles. The number of carbonyl (C=O) groups excluding carboxylic acids is 3. The summed E-state index contributed by atoms with van der Waals surface area (Å²) in [5.41, 5.74) is 0.727. The van der Waals surface area contributed by atoms with Gasteiger partial charge in [0, 0.05) is 12.8 Å². The number of amides is 1. The Kier molecular flexibility index (Phi) is 9.55. The molecule has 2 N–H and O–H groups in total. The summed E-state index contributed by atoms with van der Waals surface area (Å²) < 4.78 is 41.3. The molecule has 1 aromatic rings. The van der Waals surface area contributed by atoms with Crippen LogP contribution in [0.15, 0.2) is 54.7 Å². The molecule has 11 heteroatoms. The molecule has 0 aromatic heterocycles. The molecule has 182 valence electrons. The number of nitrogens with one attached hydrogen (secondary N) is 1. The predicted octanol–water partition coefficient (Wildman–Crippen LogP) is 2.91. The van der Waals surface area contributed by atoms with Crippen molar-refractivity contribution in [3.05, 3.63) is 65.8 Å². The SMILES string of the molecule is C=C/C=C\C(=C/C)C(=O)OCOC(=O)c1cccc2c1OB(O)[C@@H](NC(=O)CCC(C)(F)F)C2. The minimum atomic E-state index is -2.98. The van der Waals surface area contributed by atoms with Crippen LogP contribution in [0, 0.1) is 0 Å². The number of rotatable bonds is 10. The van der Waals surface area contributed by atoms with E-state index < -0.39 is 56.5 Å². The van der Waals surface area contributed by atoms with Gasteiger partial charge < -0.3 is 24.5 Å². The highest BCUT2D eigenvalue weighted by Gasteiger charge is 2.38. The lowest BCUT2D eigenvalue weighted by molar-refractivity contribution is -0.147. The Labute approximate surface area is 196 Å². The van der Waals surface area contributed by atoms with Gasteiger partial charge >= 0.3 is 19.1 Å². The van der Waals surface area contributed by atoms with Crippen molar-refractivity contribution >= 4 is 25.0 Å². The summed E-state index contributed by atoms with van der Waals surface area (Å²) in [6.45, 7) is 5.22. The zero-order valence-corrected chi connectivity index (χ0v) is 18.9. The quantitative estimate of drug-likeness (QED) is 0.175. The first-order chi connectivity index (χ1) is 16.1. The van der Waals surface area contributed by atoms with Crippen LogP contribution in [0.3, 0.4) is 0 Å². The predicted molar refractivity (Wildman–Crippen MR) is 120 cm³/mol. The molecule has 34 heavy (non-hydrogen) atoms. The van der Waals surface area contributed by atoms with E-state index in [9.17, 15) is 28.2 Å². The number of hydrogen-bond acceptors (Lipinski definition) is 7. The van der Waals surface area contributed by atoms with Crippen LogP contribution in [-0.2, 0) is 25.5 Å². The maximum atomic E-state index is 13.0. The van der Waals surface area contributed by atoms with E-state index in [2.05, 4.69) is 11.9 Å². The monoisotopic (exact) mass is 477 g/mol. The van der Waals surface area contributed by atoms with Gasteiger partial charge in [-0.25, -0.2) is 18.4 Å². The van der Waals surface area contributed by atoms with Crippen LogP contribution >= 0.6 is 0 Å². The van der Waals surface area contributed by atoms with Gasteiger partial charge in [-0.05, 0) is 38.0 Å². The van der Waals surface area contributed by atoms with Crippen molar-refractivity contribution in [3.63, 3.8) is 0 Å². The van der Waals surface area contributed by atoms with Gasteiger partial charge in [-0.3, -0.25) is 4.79 Å². The minimum Gasteiger partial charge on any atom is -0.534 e. The summed E-state index contributed by atoms with van der Waals surface area (Å²) in [7, 11) is -1.51. The van der Waals surface area contributed by atoms with Crippen molar-refractivity contribution in [2.24, 2.45) is 0 Å². The first kappa shape index (κ1) is 26.8. The molecule has 0 bridgehead atoms.